The maximum atomic E-state index is 13.8. The summed E-state index contributed by atoms with van der Waals surface area (Å²) in [5.74, 6) is 1.43. The molecular formula is C32H42ClFN6O4. The first-order valence-corrected chi connectivity index (χ1v) is 16.1. The summed E-state index contributed by atoms with van der Waals surface area (Å²) in [5.41, 5.74) is 1.31. The number of nitrogens with zero attached hydrogens (tertiary/aromatic N) is 5. The molecule has 0 radical (unpaired) electrons. The Labute approximate surface area is 263 Å². The van der Waals surface area contributed by atoms with Gasteiger partial charge in [0.1, 0.15) is 35.6 Å². The first-order chi connectivity index (χ1) is 21.6. The minimum Gasteiger partial charge on any atom is -0.493 e. The van der Waals surface area contributed by atoms with Crippen molar-refractivity contribution in [2.24, 2.45) is 0 Å². The van der Waals surface area contributed by atoms with E-state index in [2.05, 4.69) is 30.0 Å². The summed E-state index contributed by atoms with van der Waals surface area (Å²) in [5, 5.41) is 4.03. The summed E-state index contributed by atoms with van der Waals surface area (Å²) >= 11 is 6.02. The molecule has 0 saturated carbocycles. The smallest absolute Gasteiger partial charge is 0.145 e. The van der Waals surface area contributed by atoms with E-state index in [1.54, 1.807) is 6.07 Å². The molecule has 0 amide bonds. The van der Waals surface area contributed by atoms with Crippen LogP contribution in [0.25, 0.3) is 10.9 Å². The molecule has 0 bridgehead atoms. The van der Waals surface area contributed by atoms with E-state index in [0.29, 0.717) is 48.3 Å². The summed E-state index contributed by atoms with van der Waals surface area (Å²) < 4.78 is 37.5. The second-order valence-corrected chi connectivity index (χ2v) is 12.0. The molecule has 4 heterocycles. The van der Waals surface area contributed by atoms with E-state index in [4.69, 9.17) is 30.5 Å². The average Bonchev–Trinajstić information content (AvgIpc) is 3.05. The maximum absolute atomic E-state index is 13.8. The Morgan fingerprint density at radius 1 is 0.864 bits per heavy atom. The Balaban J connectivity index is 1.06. The standard InChI is InChI=1S/C32H42ClFN6O4/c33-27-20-24(2-3-28(27)34)37-32-31-29(35-23-36-32)21-26(22-30(31)44-25-4-16-41-17-5-25)43-15-1-6-38-7-9-39(10-8-38)11-12-40-13-18-42-19-14-40/h2-3,20-23,25H,1,4-19H2,(H,35,36,37). The number of piperazine rings is 1. The molecule has 2 aromatic carbocycles. The summed E-state index contributed by atoms with van der Waals surface area (Å²) in [4.78, 5) is 16.6. The van der Waals surface area contributed by atoms with E-state index in [9.17, 15) is 4.39 Å². The number of hydrogen-bond acceptors (Lipinski definition) is 10. The van der Waals surface area contributed by atoms with Gasteiger partial charge < -0.3 is 29.2 Å². The van der Waals surface area contributed by atoms with Crippen molar-refractivity contribution >= 4 is 34.0 Å². The molecular weight excluding hydrogens is 587 g/mol. The van der Waals surface area contributed by atoms with Crippen molar-refractivity contribution in [3.63, 3.8) is 0 Å². The van der Waals surface area contributed by atoms with Crippen molar-refractivity contribution in [1.29, 1.82) is 0 Å². The summed E-state index contributed by atoms with van der Waals surface area (Å²) in [6.07, 6.45) is 4.05. The number of halogens is 2. The lowest BCUT2D eigenvalue weighted by Gasteiger charge is -2.36. The van der Waals surface area contributed by atoms with Crippen molar-refractivity contribution in [2.75, 3.05) is 97.3 Å². The van der Waals surface area contributed by atoms with Crippen LogP contribution in [0.2, 0.25) is 5.02 Å². The highest BCUT2D eigenvalue weighted by molar-refractivity contribution is 6.31. The predicted octanol–water partition coefficient (Wildman–Crippen LogP) is 4.44. The molecule has 3 aliphatic rings. The van der Waals surface area contributed by atoms with E-state index >= 15 is 0 Å². The second kappa shape index (κ2) is 15.5. The highest BCUT2D eigenvalue weighted by Gasteiger charge is 2.21. The van der Waals surface area contributed by atoms with Gasteiger partial charge in [0.25, 0.3) is 0 Å². The first kappa shape index (κ1) is 31.2. The zero-order valence-corrected chi connectivity index (χ0v) is 25.9. The summed E-state index contributed by atoms with van der Waals surface area (Å²) in [7, 11) is 0. The van der Waals surface area contributed by atoms with Crippen molar-refractivity contribution in [3.8, 4) is 11.5 Å². The Hall–Kier alpha value is -2.80. The number of nitrogens with one attached hydrogen (secondary N) is 1. The van der Waals surface area contributed by atoms with E-state index in [-0.39, 0.29) is 11.1 Å². The lowest BCUT2D eigenvalue weighted by molar-refractivity contribution is 0.0261. The highest BCUT2D eigenvalue weighted by atomic mass is 35.5. The molecule has 10 nitrogen and oxygen atoms in total. The predicted molar refractivity (Wildman–Crippen MR) is 169 cm³/mol. The topological polar surface area (TPSA) is 84.5 Å². The third-order valence-electron chi connectivity index (χ3n) is 8.51. The molecule has 0 aliphatic carbocycles. The van der Waals surface area contributed by atoms with Gasteiger partial charge in [-0.05, 0) is 24.6 Å². The van der Waals surface area contributed by atoms with E-state index in [0.717, 1.165) is 96.8 Å². The fourth-order valence-electron chi connectivity index (χ4n) is 5.91. The number of hydrogen-bond donors (Lipinski definition) is 1. The van der Waals surface area contributed by atoms with Gasteiger partial charge in [-0.15, -0.1) is 0 Å². The van der Waals surface area contributed by atoms with Crippen LogP contribution < -0.4 is 14.8 Å². The molecule has 238 valence electrons. The molecule has 3 saturated heterocycles. The van der Waals surface area contributed by atoms with Crippen LogP contribution in [0.15, 0.2) is 36.7 Å². The molecule has 1 N–H and O–H groups in total. The number of anilines is 2. The van der Waals surface area contributed by atoms with Crippen LogP contribution in [0.5, 0.6) is 11.5 Å². The molecule has 6 rings (SSSR count). The zero-order chi connectivity index (χ0) is 30.1. The Morgan fingerprint density at radius 3 is 2.32 bits per heavy atom. The van der Waals surface area contributed by atoms with Crippen LogP contribution in [0.1, 0.15) is 19.3 Å². The third-order valence-corrected chi connectivity index (χ3v) is 8.80. The number of rotatable bonds is 12. The third kappa shape index (κ3) is 8.47. The monoisotopic (exact) mass is 628 g/mol. The van der Waals surface area contributed by atoms with Crippen molar-refractivity contribution < 1.29 is 23.3 Å². The number of benzene rings is 2. The van der Waals surface area contributed by atoms with Gasteiger partial charge in [-0.2, -0.15) is 0 Å². The molecule has 3 aromatic rings. The van der Waals surface area contributed by atoms with Crippen molar-refractivity contribution in [1.82, 2.24) is 24.7 Å². The van der Waals surface area contributed by atoms with Gasteiger partial charge in [0, 0.05) is 89.6 Å². The SMILES string of the molecule is Fc1ccc(Nc2ncnc3cc(OCCCN4CCN(CCN5CCOCC5)CC4)cc(OC4CCOCC4)c23)cc1Cl. The molecule has 3 aliphatic heterocycles. The number of morpholine rings is 1. The number of fused-ring (bicyclic) bond motifs is 1. The largest absolute Gasteiger partial charge is 0.493 e. The molecule has 44 heavy (non-hydrogen) atoms. The Bertz CT molecular complexity index is 1370. The normalized spacial score (nSPS) is 19.3. The summed E-state index contributed by atoms with van der Waals surface area (Å²) in [6.45, 7) is 13.4. The molecule has 0 atom stereocenters. The summed E-state index contributed by atoms with van der Waals surface area (Å²) in [6, 6.07) is 8.33. The second-order valence-electron chi connectivity index (χ2n) is 11.6. The molecule has 1 aromatic heterocycles. The van der Waals surface area contributed by atoms with E-state index in [1.165, 1.54) is 18.5 Å². The van der Waals surface area contributed by atoms with Gasteiger partial charge in [-0.25, -0.2) is 14.4 Å². The zero-order valence-electron chi connectivity index (χ0n) is 25.2. The Morgan fingerprint density at radius 2 is 1.57 bits per heavy atom. The van der Waals surface area contributed by atoms with Gasteiger partial charge in [0.15, 0.2) is 0 Å². The minimum atomic E-state index is -0.475. The molecule has 0 spiro atoms. The van der Waals surface area contributed by atoms with E-state index < -0.39 is 5.82 Å². The molecule has 12 heteroatoms. The fraction of sp³-hybridized carbons (Fsp3) is 0.562. The van der Waals surface area contributed by atoms with Gasteiger partial charge in [0.2, 0.25) is 0 Å². The fourth-order valence-corrected chi connectivity index (χ4v) is 6.09. The van der Waals surface area contributed by atoms with Crippen LogP contribution in [0, 0.1) is 5.82 Å². The maximum Gasteiger partial charge on any atom is 0.145 e. The molecule has 3 fully saturated rings. The van der Waals surface area contributed by atoms with Gasteiger partial charge in [-0.3, -0.25) is 9.80 Å². The highest BCUT2D eigenvalue weighted by Crippen LogP contribution is 2.37. The van der Waals surface area contributed by atoms with Gasteiger partial charge >= 0.3 is 0 Å². The van der Waals surface area contributed by atoms with Crippen LogP contribution in [-0.2, 0) is 9.47 Å². The number of aromatic nitrogens is 2. The van der Waals surface area contributed by atoms with Crippen LogP contribution in [-0.4, -0.2) is 123 Å². The first-order valence-electron chi connectivity index (χ1n) is 15.7. The van der Waals surface area contributed by atoms with Crippen molar-refractivity contribution in [2.45, 2.75) is 25.4 Å². The van der Waals surface area contributed by atoms with Gasteiger partial charge in [0.05, 0.1) is 49.0 Å². The van der Waals surface area contributed by atoms with Crippen LogP contribution in [0.3, 0.4) is 0 Å². The van der Waals surface area contributed by atoms with Gasteiger partial charge in [-0.1, -0.05) is 11.6 Å². The Kier molecular flexibility index (Phi) is 11.0. The number of ether oxygens (including phenoxy) is 4. The average molecular weight is 629 g/mol. The van der Waals surface area contributed by atoms with Crippen molar-refractivity contribution in [3.05, 3.63) is 47.5 Å². The van der Waals surface area contributed by atoms with Crippen LogP contribution in [0.4, 0.5) is 15.9 Å². The van der Waals surface area contributed by atoms with Crippen LogP contribution >= 0.6 is 11.6 Å². The van der Waals surface area contributed by atoms with E-state index in [1.807, 2.05) is 12.1 Å². The minimum absolute atomic E-state index is 0.0167. The lowest BCUT2D eigenvalue weighted by Crippen LogP contribution is -2.49. The lowest BCUT2D eigenvalue weighted by atomic mass is 10.1. The molecule has 0 unspecified atom stereocenters. The quantitative estimate of drug-likeness (QED) is 0.291.